The van der Waals surface area contributed by atoms with Gasteiger partial charge in [-0.05, 0) is 56.8 Å². The van der Waals surface area contributed by atoms with Gasteiger partial charge in [0.1, 0.15) is 0 Å². The summed E-state index contributed by atoms with van der Waals surface area (Å²) in [6.07, 6.45) is 8.05. The van der Waals surface area contributed by atoms with Crippen molar-refractivity contribution < 1.29 is 14.3 Å². The molecule has 1 aliphatic carbocycles. The summed E-state index contributed by atoms with van der Waals surface area (Å²) in [5.74, 6) is 1.72. The summed E-state index contributed by atoms with van der Waals surface area (Å²) >= 11 is 0. The van der Waals surface area contributed by atoms with E-state index in [1.165, 1.54) is 12.8 Å². The number of methoxy groups -OCH3 is 1. The number of likely N-dealkylation sites (tertiary alicyclic amines) is 1. The van der Waals surface area contributed by atoms with Gasteiger partial charge in [0.25, 0.3) is 0 Å². The lowest BCUT2D eigenvalue weighted by molar-refractivity contribution is -0.143. The van der Waals surface area contributed by atoms with E-state index in [9.17, 15) is 4.79 Å². The van der Waals surface area contributed by atoms with Crippen molar-refractivity contribution >= 4 is 5.91 Å². The van der Waals surface area contributed by atoms with Gasteiger partial charge in [-0.3, -0.25) is 4.79 Å². The van der Waals surface area contributed by atoms with E-state index in [4.69, 9.17) is 9.47 Å². The quantitative estimate of drug-likeness (QED) is 0.826. The van der Waals surface area contributed by atoms with Crippen molar-refractivity contribution in [3.05, 3.63) is 0 Å². The van der Waals surface area contributed by atoms with Gasteiger partial charge in [0.05, 0.1) is 12.7 Å². The number of hydrogen-bond acceptors (Lipinski definition) is 4. The van der Waals surface area contributed by atoms with Gasteiger partial charge in [0, 0.05) is 44.3 Å². The van der Waals surface area contributed by atoms with Gasteiger partial charge in [0.15, 0.2) is 0 Å². The Hall–Kier alpha value is -0.650. The minimum atomic E-state index is -0.0944. The molecule has 142 valence electrons. The first-order chi connectivity index (χ1) is 12.1. The first-order valence-corrected chi connectivity index (χ1v) is 10.3. The Morgan fingerprint density at radius 1 is 1.40 bits per heavy atom. The van der Waals surface area contributed by atoms with Crippen LogP contribution in [0.15, 0.2) is 0 Å². The third kappa shape index (κ3) is 3.24. The zero-order valence-corrected chi connectivity index (χ0v) is 15.8. The molecule has 1 unspecified atom stereocenters. The Balaban J connectivity index is 1.39. The van der Waals surface area contributed by atoms with Crippen LogP contribution in [-0.2, 0) is 14.3 Å². The van der Waals surface area contributed by atoms with E-state index >= 15 is 0 Å². The molecule has 0 aromatic heterocycles. The molecule has 0 aromatic carbocycles. The standard InChI is InChI=1S/C20H34N2O3/c1-3-20(19(23)22-12-16-9-17(22)11-21-16)6-4-14(10-20)8-15-5-7-25-13-18(15)24-2/h14-18,21H,3-13H2,1-2H3/t14-,15?,16+,17+,18+,20-/m0/s1. The normalized spacial score (nSPS) is 43.8. The molecule has 1 N–H and O–H groups in total. The third-order valence-electron chi connectivity index (χ3n) is 7.54. The average molecular weight is 351 g/mol. The topological polar surface area (TPSA) is 50.8 Å². The molecule has 1 amide bonds. The smallest absolute Gasteiger partial charge is 0.229 e. The lowest BCUT2D eigenvalue weighted by Crippen LogP contribution is -2.51. The molecule has 3 saturated heterocycles. The molecule has 5 heteroatoms. The Morgan fingerprint density at radius 2 is 2.28 bits per heavy atom. The lowest BCUT2D eigenvalue weighted by Gasteiger charge is -2.37. The summed E-state index contributed by atoms with van der Waals surface area (Å²) < 4.78 is 11.2. The van der Waals surface area contributed by atoms with Crippen LogP contribution in [0.1, 0.15) is 51.9 Å². The summed E-state index contributed by atoms with van der Waals surface area (Å²) in [4.78, 5) is 15.6. The molecule has 6 atom stereocenters. The van der Waals surface area contributed by atoms with Gasteiger partial charge >= 0.3 is 0 Å². The maximum absolute atomic E-state index is 13.4. The molecule has 2 bridgehead atoms. The van der Waals surface area contributed by atoms with E-state index in [1.807, 2.05) is 0 Å². The molecule has 0 spiro atoms. The van der Waals surface area contributed by atoms with E-state index in [0.29, 0.717) is 29.8 Å². The summed E-state index contributed by atoms with van der Waals surface area (Å²) in [7, 11) is 1.80. The largest absolute Gasteiger partial charge is 0.379 e. The zero-order chi connectivity index (χ0) is 17.4. The maximum atomic E-state index is 13.4. The molecule has 3 aliphatic heterocycles. The third-order valence-corrected chi connectivity index (χ3v) is 7.54. The molecule has 4 rings (SSSR count). The molecule has 4 fully saturated rings. The zero-order valence-electron chi connectivity index (χ0n) is 15.8. The summed E-state index contributed by atoms with van der Waals surface area (Å²) in [5.41, 5.74) is -0.0944. The lowest BCUT2D eigenvalue weighted by atomic mass is 9.79. The highest BCUT2D eigenvalue weighted by Crippen LogP contribution is 2.49. The number of hydrogen-bond donors (Lipinski definition) is 1. The number of fused-ring (bicyclic) bond motifs is 2. The minimum Gasteiger partial charge on any atom is -0.379 e. The Morgan fingerprint density at radius 3 is 2.96 bits per heavy atom. The van der Waals surface area contributed by atoms with E-state index in [-0.39, 0.29) is 11.5 Å². The van der Waals surface area contributed by atoms with Gasteiger partial charge in [-0.15, -0.1) is 0 Å². The minimum absolute atomic E-state index is 0.0944. The summed E-state index contributed by atoms with van der Waals surface area (Å²) in [6, 6.07) is 0.998. The van der Waals surface area contributed by atoms with Crippen molar-refractivity contribution in [2.75, 3.05) is 33.4 Å². The maximum Gasteiger partial charge on any atom is 0.229 e. The van der Waals surface area contributed by atoms with Crippen LogP contribution in [0, 0.1) is 17.3 Å². The molecular formula is C20H34N2O3. The molecule has 4 aliphatic rings. The van der Waals surface area contributed by atoms with Crippen LogP contribution in [-0.4, -0.2) is 62.4 Å². The van der Waals surface area contributed by atoms with E-state index < -0.39 is 0 Å². The van der Waals surface area contributed by atoms with E-state index in [2.05, 4.69) is 17.1 Å². The van der Waals surface area contributed by atoms with Crippen LogP contribution in [0.2, 0.25) is 0 Å². The van der Waals surface area contributed by atoms with Crippen LogP contribution < -0.4 is 5.32 Å². The number of piperazine rings is 1. The van der Waals surface area contributed by atoms with Crippen molar-refractivity contribution in [3.8, 4) is 0 Å². The second-order valence-electron chi connectivity index (χ2n) is 8.83. The predicted octanol–water partition coefficient (Wildman–Crippen LogP) is 2.20. The van der Waals surface area contributed by atoms with Gasteiger partial charge in [-0.2, -0.15) is 0 Å². The molecule has 5 nitrogen and oxygen atoms in total. The first kappa shape index (κ1) is 17.7. The van der Waals surface area contributed by atoms with Crippen molar-refractivity contribution in [1.82, 2.24) is 10.2 Å². The van der Waals surface area contributed by atoms with E-state index in [0.717, 1.165) is 58.4 Å². The van der Waals surface area contributed by atoms with Crippen molar-refractivity contribution in [1.29, 1.82) is 0 Å². The Bertz CT molecular complexity index is 499. The second kappa shape index (κ2) is 7.16. The van der Waals surface area contributed by atoms with Crippen molar-refractivity contribution in [3.63, 3.8) is 0 Å². The highest BCUT2D eigenvalue weighted by atomic mass is 16.5. The number of amides is 1. The highest BCUT2D eigenvalue weighted by molar-refractivity contribution is 5.84. The molecule has 3 heterocycles. The Labute approximate surface area is 151 Å². The molecular weight excluding hydrogens is 316 g/mol. The van der Waals surface area contributed by atoms with Crippen LogP contribution in [0.25, 0.3) is 0 Å². The number of carbonyl (C=O) groups is 1. The first-order valence-electron chi connectivity index (χ1n) is 10.3. The Kier molecular flexibility index (Phi) is 5.09. The summed E-state index contributed by atoms with van der Waals surface area (Å²) in [6.45, 7) is 5.74. The van der Waals surface area contributed by atoms with Crippen LogP contribution in [0.3, 0.4) is 0 Å². The van der Waals surface area contributed by atoms with Crippen LogP contribution >= 0.6 is 0 Å². The number of nitrogens with one attached hydrogen (secondary N) is 1. The van der Waals surface area contributed by atoms with Crippen molar-refractivity contribution in [2.45, 2.75) is 70.1 Å². The summed E-state index contributed by atoms with van der Waals surface area (Å²) in [5, 5.41) is 3.52. The van der Waals surface area contributed by atoms with Gasteiger partial charge < -0.3 is 19.7 Å². The predicted molar refractivity (Wildman–Crippen MR) is 96.3 cm³/mol. The SMILES string of the molecule is CC[C@]1(C(=O)N2C[C@H]3C[C@@H]2CN3)CC[C@@H](CC2CCOC[C@H]2OC)C1. The second-order valence-corrected chi connectivity index (χ2v) is 8.83. The fourth-order valence-electron chi connectivity index (χ4n) is 5.93. The fourth-order valence-corrected chi connectivity index (χ4v) is 5.93. The van der Waals surface area contributed by atoms with Gasteiger partial charge in [-0.25, -0.2) is 0 Å². The fraction of sp³-hybridized carbons (Fsp3) is 0.950. The molecule has 25 heavy (non-hydrogen) atoms. The average Bonchev–Trinajstić information content (AvgIpc) is 3.37. The number of rotatable bonds is 5. The van der Waals surface area contributed by atoms with Crippen LogP contribution in [0.5, 0.6) is 0 Å². The number of ether oxygens (including phenoxy) is 2. The number of carbonyl (C=O) groups excluding carboxylic acids is 1. The molecule has 0 aromatic rings. The highest BCUT2D eigenvalue weighted by Gasteiger charge is 2.50. The van der Waals surface area contributed by atoms with E-state index in [1.54, 1.807) is 7.11 Å². The van der Waals surface area contributed by atoms with Gasteiger partial charge in [0.2, 0.25) is 5.91 Å². The number of nitrogens with zero attached hydrogens (tertiary/aromatic N) is 1. The van der Waals surface area contributed by atoms with Crippen LogP contribution in [0.4, 0.5) is 0 Å². The van der Waals surface area contributed by atoms with Crippen molar-refractivity contribution in [2.24, 2.45) is 17.3 Å². The van der Waals surface area contributed by atoms with Gasteiger partial charge in [-0.1, -0.05) is 6.92 Å². The monoisotopic (exact) mass is 350 g/mol. The molecule has 0 radical (unpaired) electrons. The molecule has 1 saturated carbocycles.